The summed E-state index contributed by atoms with van der Waals surface area (Å²) in [5, 5.41) is 9.28. The lowest BCUT2D eigenvalue weighted by molar-refractivity contribution is -0.00305. The van der Waals surface area contributed by atoms with Gasteiger partial charge in [0.2, 0.25) is 0 Å². The molecular weight excluding hydrogens is 250 g/mol. The maximum Gasteiger partial charge on any atom is 0.354 e. The molecule has 4 aliphatic carbocycles. The van der Waals surface area contributed by atoms with Crippen molar-refractivity contribution in [2.75, 3.05) is 0 Å². The van der Waals surface area contributed by atoms with Crippen LogP contribution in [0.5, 0.6) is 0 Å². The van der Waals surface area contributed by atoms with E-state index in [0.29, 0.717) is 5.92 Å². The standard InChI is InChI=1S/C17H21NO2/c1-9-14(2-3-18-16(9)17(19)20)15-12-5-10-4-11(7-12)8-13(15)6-10/h2-3,10-13,15H,4-8H2,1H3,(H,19,20). The second kappa shape index (κ2) is 4.31. The second-order valence-electron chi connectivity index (χ2n) is 7.14. The summed E-state index contributed by atoms with van der Waals surface area (Å²) in [5.41, 5.74) is 2.42. The lowest BCUT2D eigenvalue weighted by Gasteiger charge is -2.55. The van der Waals surface area contributed by atoms with E-state index in [1.807, 2.05) is 6.92 Å². The Labute approximate surface area is 119 Å². The predicted molar refractivity (Wildman–Crippen MR) is 75.7 cm³/mol. The molecule has 0 aliphatic heterocycles. The summed E-state index contributed by atoms with van der Waals surface area (Å²) in [5.74, 6) is 3.17. The van der Waals surface area contributed by atoms with E-state index in [1.165, 1.54) is 37.7 Å². The van der Waals surface area contributed by atoms with Crippen molar-refractivity contribution in [3.05, 3.63) is 29.1 Å². The first-order valence-corrected chi connectivity index (χ1v) is 7.82. The number of carboxylic acid groups (broad SMARTS) is 1. The molecule has 4 aliphatic rings. The molecule has 5 rings (SSSR count). The van der Waals surface area contributed by atoms with E-state index in [9.17, 15) is 9.90 Å². The highest BCUT2D eigenvalue weighted by Crippen LogP contribution is 2.60. The van der Waals surface area contributed by atoms with Crippen LogP contribution in [-0.2, 0) is 0 Å². The molecule has 0 spiro atoms. The molecule has 0 radical (unpaired) electrons. The van der Waals surface area contributed by atoms with Crippen LogP contribution in [0.1, 0.15) is 59.6 Å². The van der Waals surface area contributed by atoms with Gasteiger partial charge in [-0.05, 0) is 85.8 Å². The van der Waals surface area contributed by atoms with Crippen LogP contribution >= 0.6 is 0 Å². The zero-order valence-corrected chi connectivity index (χ0v) is 11.9. The van der Waals surface area contributed by atoms with E-state index in [1.54, 1.807) is 6.20 Å². The number of nitrogens with zero attached hydrogens (tertiary/aromatic N) is 1. The van der Waals surface area contributed by atoms with Crippen LogP contribution in [-0.4, -0.2) is 16.1 Å². The van der Waals surface area contributed by atoms with Gasteiger partial charge in [0, 0.05) is 6.20 Å². The fraction of sp³-hybridized carbons (Fsp3) is 0.647. The van der Waals surface area contributed by atoms with Gasteiger partial charge in [-0.25, -0.2) is 9.78 Å². The quantitative estimate of drug-likeness (QED) is 0.893. The third kappa shape index (κ3) is 1.72. The largest absolute Gasteiger partial charge is 0.477 e. The number of rotatable bonds is 2. The maximum absolute atomic E-state index is 11.3. The molecule has 106 valence electrons. The molecular formula is C17H21NO2. The molecule has 0 amide bonds. The van der Waals surface area contributed by atoms with Gasteiger partial charge in [0.05, 0.1) is 0 Å². The van der Waals surface area contributed by atoms with Crippen LogP contribution < -0.4 is 0 Å². The number of hydrogen-bond acceptors (Lipinski definition) is 2. The average molecular weight is 271 g/mol. The van der Waals surface area contributed by atoms with Gasteiger partial charge in [0.25, 0.3) is 0 Å². The Bertz CT molecular complexity index is 538. The minimum Gasteiger partial charge on any atom is -0.477 e. The topological polar surface area (TPSA) is 50.2 Å². The summed E-state index contributed by atoms with van der Waals surface area (Å²) < 4.78 is 0. The van der Waals surface area contributed by atoms with Crippen molar-refractivity contribution in [1.82, 2.24) is 4.98 Å². The van der Waals surface area contributed by atoms with Crippen molar-refractivity contribution in [3.8, 4) is 0 Å². The lowest BCUT2D eigenvalue weighted by atomic mass is 9.50. The van der Waals surface area contributed by atoms with E-state index < -0.39 is 5.97 Å². The van der Waals surface area contributed by atoms with Gasteiger partial charge in [-0.1, -0.05) is 0 Å². The fourth-order valence-electron chi connectivity index (χ4n) is 5.56. The third-order valence-electron chi connectivity index (χ3n) is 6.03. The van der Waals surface area contributed by atoms with Crippen molar-refractivity contribution in [1.29, 1.82) is 0 Å². The van der Waals surface area contributed by atoms with Crippen molar-refractivity contribution in [3.63, 3.8) is 0 Å². The molecule has 3 heteroatoms. The Hall–Kier alpha value is -1.38. The molecule has 1 aromatic rings. The van der Waals surface area contributed by atoms with Crippen molar-refractivity contribution in [2.24, 2.45) is 23.7 Å². The Morgan fingerprint density at radius 2 is 1.75 bits per heavy atom. The number of aromatic nitrogens is 1. The molecule has 4 saturated carbocycles. The van der Waals surface area contributed by atoms with Crippen LogP contribution in [0.25, 0.3) is 0 Å². The lowest BCUT2D eigenvalue weighted by Crippen LogP contribution is -2.44. The van der Waals surface area contributed by atoms with Gasteiger partial charge in [0.1, 0.15) is 0 Å². The van der Waals surface area contributed by atoms with E-state index >= 15 is 0 Å². The Morgan fingerprint density at radius 1 is 1.15 bits per heavy atom. The Balaban J connectivity index is 1.75. The van der Waals surface area contributed by atoms with Gasteiger partial charge in [-0.15, -0.1) is 0 Å². The van der Waals surface area contributed by atoms with Gasteiger partial charge >= 0.3 is 5.97 Å². The van der Waals surface area contributed by atoms with Gasteiger partial charge in [0.15, 0.2) is 5.69 Å². The van der Waals surface area contributed by atoms with Crippen LogP contribution in [0.15, 0.2) is 12.3 Å². The van der Waals surface area contributed by atoms with Crippen LogP contribution in [0.3, 0.4) is 0 Å². The van der Waals surface area contributed by atoms with E-state index in [2.05, 4.69) is 11.1 Å². The normalized spacial score (nSPS) is 38.1. The zero-order valence-electron chi connectivity index (χ0n) is 11.9. The van der Waals surface area contributed by atoms with Crippen LogP contribution in [0.2, 0.25) is 0 Å². The molecule has 0 unspecified atom stereocenters. The van der Waals surface area contributed by atoms with E-state index in [-0.39, 0.29) is 5.69 Å². The molecule has 4 bridgehead atoms. The highest BCUT2D eigenvalue weighted by molar-refractivity contribution is 5.87. The number of pyridine rings is 1. The number of aromatic carboxylic acids is 1. The molecule has 1 aromatic heterocycles. The highest BCUT2D eigenvalue weighted by Gasteiger charge is 2.49. The fourth-order valence-corrected chi connectivity index (χ4v) is 5.56. The molecule has 3 nitrogen and oxygen atoms in total. The second-order valence-corrected chi connectivity index (χ2v) is 7.14. The Kier molecular flexibility index (Phi) is 2.66. The SMILES string of the molecule is Cc1c(C2C3CC4CC(C3)CC2C4)ccnc1C(=O)O. The maximum atomic E-state index is 11.3. The monoisotopic (exact) mass is 271 g/mol. The highest BCUT2D eigenvalue weighted by atomic mass is 16.4. The molecule has 1 heterocycles. The van der Waals surface area contributed by atoms with Crippen LogP contribution in [0.4, 0.5) is 0 Å². The van der Waals surface area contributed by atoms with Gasteiger partial charge in [-0.3, -0.25) is 0 Å². The summed E-state index contributed by atoms with van der Waals surface area (Å²) in [6.45, 7) is 1.94. The summed E-state index contributed by atoms with van der Waals surface area (Å²) in [6.07, 6.45) is 8.60. The number of carbonyl (C=O) groups is 1. The minimum absolute atomic E-state index is 0.247. The zero-order chi connectivity index (χ0) is 13.9. The van der Waals surface area contributed by atoms with E-state index in [4.69, 9.17) is 0 Å². The number of carboxylic acids is 1. The van der Waals surface area contributed by atoms with E-state index in [0.717, 1.165) is 29.2 Å². The summed E-state index contributed by atoms with van der Waals surface area (Å²) in [7, 11) is 0. The predicted octanol–water partition coefficient (Wildman–Crippen LogP) is 3.63. The summed E-state index contributed by atoms with van der Waals surface area (Å²) >= 11 is 0. The molecule has 20 heavy (non-hydrogen) atoms. The van der Waals surface area contributed by atoms with Gasteiger partial charge < -0.3 is 5.11 Å². The third-order valence-corrected chi connectivity index (χ3v) is 6.03. The first-order valence-electron chi connectivity index (χ1n) is 7.82. The van der Waals surface area contributed by atoms with Crippen molar-refractivity contribution >= 4 is 5.97 Å². The molecule has 0 aromatic carbocycles. The molecule has 0 saturated heterocycles. The molecule has 1 N–H and O–H groups in total. The summed E-state index contributed by atoms with van der Waals surface area (Å²) in [4.78, 5) is 15.4. The van der Waals surface area contributed by atoms with Gasteiger partial charge in [-0.2, -0.15) is 0 Å². The van der Waals surface area contributed by atoms with Crippen LogP contribution in [0, 0.1) is 30.6 Å². The first kappa shape index (κ1) is 12.4. The number of hydrogen-bond donors (Lipinski definition) is 1. The Morgan fingerprint density at radius 3 is 2.30 bits per heavy atom. The first-order chi connectivity index (χ1) is 9.63. The molecule has 4 fully saturated rings. The van der Waals surface area contributed by atoms with Crippen molar-refractivity contribution in [2.45, 2.75) is 44.9 Å². The molecule has 0 atom stereocenters. The minimum atomic E-state index is -0.895. The van der Waals surface area contributed by atoms with Crippen molar-refractivity contribution < 1.29 is 9.90 Å². The smallest absolute Gasteiger partial charge is 0.354 e. The summed E-state index contributed by atoms with van der Waals surface area (Å²) in [6, 6.07) is 2.08. The average Bonchev–Trinajstić information content (AvgIpc) is 2.39.